The van der Waals surface area contributed by atoms with Gasteiger partial charge in [0.15, 0.2) is 0 Å². The number of nitrogens with one attached hydrogen (secondary N) is 2. The highest BCUT2D eigenvalue weighted by molar-refractivity contribution is 5.81. The largest absolute Gasteiger partial charge is 0.461 e. The van der Waals surface area contributed by atoms with Crippen LogP contribution in [0.25, 0.3) is 22.4 Å². The summed E-state index contributed by atoms with van der Waals surface area (Å²) < 4.78 is 19.1. The number of pyridine rings is 1. The molecule has 0 bridgehead atoms. The fourth-order valence-corrected chi connectivity index (χ4v) is 5.62. The Morgan fingerprint density at radius 2 is 1.85 bits per heavy atom. The Hall–Kier alpha value is -3.01. The Morgan fingerprint density at radius 1 is 1.12 bits per heavy atom. The average Bonchev–Trinajstić information content (AvgIpc) is 3.30. The lowest BCUT2D eigenvalue weighted by Crippen LogP contribution is -2.41. The summed E-state index contributed by atoms with van der Waals surface area (Å²) in [5.41, 5.74) is 4.49. The number of carbonyl (C=O) groups is 1. The van der Waals surface area contributed by atoms with E-state index in [1.165, 1.54) is 0 Å². The van der Waals surface area contributed by atoms with Crippen LogP contribution in [0.3, 0.4) is 0 Å². The number of aromatic amines is 1. The molecule has 1 atom stereocenters. The lowest BCUT2D eigenvalue weighted by molar-refractivity contribution is -0.156. The van der Waals surface area contributed by atoms with Gasteiger partial charge in [0.05, 0.1) is 24.2 Å². The number of H-pyrrole nitrogens is 1. The van der Waals surface area contributed by atoms with Crippen LogP contribution in [0.2, 0.25) is 0 Å². The number of imidazole rings is 1. The minimum Gasteiger partial charge on any atom is -0.461 e. The van der Waals surface area contributed by atoms with E-state index in [2.05, 4.69) is 46.9 Å². The molecule has 2 aliphatic heterocycles. The molecule has 2 N–H and O–H groups in total. The maximum Gasteiger partial charge on any atom is 0.323 e. The number of carbonyl (C=O) groups excluding carboxylic acids is 1. The smallest absolute Gasteiger partial charge is 0.323 e. The molecule has 0 radical (unpaired) electrons. The molecule has 0 spiro atoms. The minimum absolute atomic E-state index is 0.0660. The summed E-state index contributed by atoms with van der Waals surface area (Å²) in [7, 11) is 0. The standard InChI is InChI=1S/C31H42N4O5/c1-20(2)14-27(31(37)40-25-8-12-39-13-9-25)32-17-23-4-5-28-26(16-23)34-29(24-15-21(3)30(36)33-18-24)35(28)19-22-6-10-38-11-7-22/h4-5,15-16,18,20,22,25,27,32H,6-14,17,19H2,1-3H3,(H,33,36)/t27-/m0/s1. The van der Waals surface area contributed by atoms with E-state index < -0.39 is 0 Å². The molecule has 0 amide bonds. The molecule has 5 rings (SSSR count). The number of rotatable bonds is 10. The van der Waals surface area contributed by atoms with Crippen LogP contribution in [-0.2, 0) is 32.1 Å². The van der Waals surface area contributed by atoms with Crippen molar-refractivity contribution in [3.8, 4) is 11.4 Å². The van der Waals surface area contributed by atoms with Crippen LogP contribution in [0, 0.1) is 18.8 Å². The summed E-state index contributed by atoms with van der Waals surface area (Å²) in [6, 6.07) is 7.86. The average molecular weight is 551 g/mol. The zero-order chi connectivity index (χ0) is 28.1. The first-order chi connectivity index (χ1) is 19.4. The molecule has 216 valence electrons. The molecule has 0 aliphatic carbocycles. The van der Waals surface area contributed by atoms with Crippen LogP contribution in [0.15, 0.2) is 35.3 Å². The molecule has 40 heavy (non-hydrogen) atoms. The summed E-state index contributed by atoms with van der Waals surface area (Å²) in [5.74, 6) is 1.53. The number of nitrogens with zero attached hydrogens (tertiary/aromatic N) is 2. The molecule has 1 aromatic carbocycles. The number of esters is 1. The van der Waals surface area contributed by atoms with Crippen molar-refractivity contribution >= 4 is 17.0 Å². The highest BCUT2D eigenvalue weighted by atomic mass is 16.6. The topological polar surface area (TPSA) is 107 Å². The third-order valence-corrected chi connectivity index (χ3v) is 7.94. The molecule has 9 nitrogen and oxygen atoms in total. The van der Waals surface area contributed by atoms with Crippen molar-refractivity contribution in [2.24, 2.45) is 11.8 Å². The van der Waals surface area contributed by atoms with E-state index in [4.69, 9.17) is 19.2 Å². The number of benzene rings is 1. The Morgan fingerprint density at radius 3 is 2.55 bits per heavy atom. The van der Waals surface area contributed by atoms with Gasteiger partial charge in [0.1, 0.15) is 18.0 Å². The van der Waals surface area contributed by atoms with E-state index in [1.54, 1.807) is 6.20 Å². The molecule has 4 heterocycles. The van der Waals surface area contributed by atoms with Crippen LogP contribution in [-0.4, -0.2) is 59.1 Å². The van der Waals surface area contributed by atoms with Gasteiger partial charge in [-0.05, 0) is 61.8 Å². The van der Waals surface area contributed by atoms with E-state index in [0.717, 1.165) is 73.4 Å². The predicted octanol–water partition coefficient (Wildman–Crippen LogP) is 4.35. The SMILES string of the molecule is Cc1cc(-c2nc3cc(CN[C@@H](CC(C)C)C(=O)OC4CCOCC4)ccc3n2CC2CCOCC2)c[nH]c1=O. The number of ether oxygens (including phenoxy) is 3. The molecule has 0 saturated carbocycles. The molecule has 0 unspecified atom stereocenters. The van der Waals surface area contributed by atoms with Crippen LogP contribution in [0.4, 0.5) is 0 Å². The zero-order valence-electron chi connectivity index (χ0n) is 23.9. The number of fused-ring (bicyclic) bond motifs is 1. The molecule has 2 aliphatic rings. The molecular weight excluding hydrogens is 508 g/mol. The van der Waals surface area contributed by atoms with Crippen molar-refractivity contribution in [1.82, 2.24) is 19.9 Å². The fourth-order valence-electron chi connectivity index (χ4n) is 5.62. The second kappa shape index (κ2) is 13.1. The van der Waals surface area contributed by atoms with Gasteiger partial charge in [-0.15, -0.1) is 0 Å². The summed E-state index contributed by atoms with van der Waals surface area (Å²) >= 11 is 0. The van der Waals surface area contributed by atoms with Gasteiger partial charge in [-0.25, -0.2) is 4.98 Å². The van der Waals surface area contributed by atoms with Gasteiger partial charge in [-0.2, -0.15) is 0 Å². The van der Waals surface area contributed by atoms with Crippen molar-refractivity contribution in [2.75, 3.05) is 26.4 Å². The quantitative estimate of drug-likeness (QED) is 0.361. The van der Waals surface area contributed by atoms with Crippen molar-refractivity contribution in [3.63, 3.8) is 0 Å². The summed E-state index contributed by atoms with van der Waals surface area (Å²) in [4.78, 5) is 33.0. The first-order valence-corrected chi connectivity index (χ1v) is 14.7. The van der Waals surface area contributed by atoms with Gasteiger partial charge in [-0.3, -0.25) is 9.59 Å². The van der Waals surface area contributed by atoms with Gasteiger partial charge >= 0.3 is 5.97 Å². The van der Waals surface area contributed by atoms with Crippen LogP contribution >= 0.6 is 0 Å². The normalized spacial score (nSPS) is 17.9. The van der Waals surface area contributed by atoms with Crippen LogP contribution < -0.4 is 10.9 Å². The Kier molecular flexibility index (Phi) is 9.34. The van der Waals surface area contributed by atoms with E-state index in [1.807, 2.05) is 13.0 Å². The van der Waals surface area contributed by atoms with Gasteiger partial charge in [0.2, 0.25) is 0 Å². The van der Waals surface area contributed by atoms with Crippen molar-refractivity contribution < 1.29 is 19.0 Å². The maximum atomic E-state index is 13.1. The van der Waals surface area contributed by atoms with E-state index in [-0.39, 0.29) is 23.7 Å². The lowest BCUT2D eigenvalue weighted by Gasteiger charge is -2.26. The molecule has 2 fully saturated rings. The third-order valence-electron chi connectivity index (χ3n) is 7.94. The monoisotopic (exact) mass is 550 g/mol. The summed E-state index contributed by atoms with van der Waals surface area (Å²) in [5, 5.41) is 3.46. The summed E-state index contributed by atoms with van der Waals surface area (Å²) in [6.45, 7) is 10.3. The lowest BCUT2D eigenvalue weighted by atomic mass is 10.00. The minimum atomic E-state index is -0.371. The van der Waals surface area contributed by atoms with Crippen LogP contribution in [0.5, 0.6) is 0 Å². The maximum absolute atomic E-state index is 13.1. The van der Waals surface area contributed by atoms with Gasteiger partial charge in [0.25, 0.3) is 5.56 Å². The Bertz CT molecular complexity index is 1350. The number of hydrogen-bond donors (Lipinski definition) is 2. The Labute approximate surface area is 235 Å². The first kappa shape index (κ1) is 28.5. The molecule has 9 heteroatoms. The van der Waals surface area contributed by atoms with Gasteiger partial charge in [-0.1, -0.05) is 19.9 Å². The van der Waals surface area contributed by atoms with E-state index in [0.29, 0.717) is 43.6 Å². The molecular formula is C31H42N4O5. The Balaban J connectivity index is 1.37. The van der Waals surface area contributed by atoms with Crippen molar-refractivity contribution in [1.29, 1.82) is 0 Å². The second-order valence-electron chi connectivity index (χ2n) is 11.6. The van der Waals surface area contributed by atoms with Crippen LogP contribution in [0.1, 0.15) is 57.1 Å². The van der Waals surface area contributed by atoms with E-state index >= 15 is 0 Å². The number of hydrogen-bond acceptors (Lipinski definition) is 7. The highest BCUT2D eigenvalue weighted by Crippen LogP contribution is 2.29. The predicted molar refractivity (Wildman–Crippen MR) is 154 cm³/mol. The second-order valence-corrected chi connectivity index (χ2v) is 11.6. The number of aromatic nitrogens is 3. The highest BCUT2D eigenvalue weighted by Gasteiger charge is 2.26. The third kappa shape index (κ3) is 7.00. The van der Waals surface area contributed by atoms with Gasteiger partial charge < -0.3 is 29.1 Å². The van der Waals surface area contributed by atoms with Crippen molar-refractivity contribution in [3.05, 3.63) is 51.9 Å². The van der Waals surface area contributed by atoms with Gasteiger partial charge in [0, 0.05) is 56.5 Å². The number of aryl methyl sites for hydroxylation is 1. The molecule has 2 aromatic heterocycles. The first-order valence-electron chi connectivity index (χ1n) is 14.7. The fraction of sp³-hybridized carbons (Fsp3) is 0.581. The van der Waals surface area contributed by atoms with Crippen molar-refractivity contribution in [2.45, 2.75) is 78.1 Å². The molecule has 2 saturated heterocycles. The zero-order valence-corrected chi connectivity index (χ0v) is 23.9. The summed E-state index contributed by atoms with van der Waals surface area (Å²) in [6.07, 6.45) is 5.94. The molecule has 3 aromatic rings. The van der Waals surface area contributed by atoms with E-state index in [9.17, 15) is 9.59 Å².